The fraction of sp³-hybridized carbons (Fsp3) is 0.556. The quantitative estimate of drug-likeness (QED) is 0.325. The summed E-state index contributed by atoms with van der Waals surface area (Å²) in [5.41, 5.74) is 4.82. The Morgan fingerprint density at radius 3 is 1.83 bits per heavy atom. The van der Waals surface area contributed by atoms with Crippen molar-refractivity contribution in [3.63, 3.8) is 0 Å². The van der Waals surface area contributed by atoms with Crippen molar-refractivity contribution in [2.75, 3.05) is 0 Å². The van der Waals surface area contributed by atoms with E-state index in [9.17, 15) is 19.2 Å². The largest absolute Gasteiger partial charge is 0.481 e. The zero-order chi connectivity index (χ0) is 14.3. The standard InChI is InChI=1S/C9H14N2O7/c10-6(12)3-5(9(17)18)11-4(8(15)16)1-2-7(13)14/h4-5,11H,1-3H2,(H2,10,12)(H,13,14)(H,15,16)(H,17,18). The molecule has 102 valence electrons. The van der Waals surface area contributed by atoms with E-state index >= 15 is 0 Å². The molecule has 1 amide bonds. The molecule has 18 heavy (non-hydrogen) atoms. The average molecular weight is 262 g/mol. The Labute approximate surface area is 102 Å². The molecule has 0 aromatic carbocycles. The number of carboxylic acid groups (broad SMARTS) is 3. The third kappa shape index (κ3) is 6.43. The fourth-order valence-electron chi connectivity index (χ4n) is 1.21. The molecular formula is C9H14N2O7. The van der Waals surface area contributed by atoms with Gasteiger partial charge < -0.3 is 21.1 Å². The number of hydrogen-bond donors (Lipinski definition) is 5. The molecule has 9 nitrogen and oxygen atoms in total. The van der Waals surface area contributed by atoms with Gasteiger partial charge in [0.2, 0.25) is 5.91 Å². The minimum atomic E-state index is -1.46. The van der Waals surface area contributed by atoms with Gasteiger partial charge >= 0.3 is 17.9 Å². The first-order chi connectivity index (χ1) is 8.23. The number of amides is 1. The van der Waals surface area contributed by atoms with Crippen molar-refractivity contribution in [1.82, 2.24) is 5.32 Å². The highest BCUT2D eigenvalue weighted by Gasteiger charge is 2.27. The topological polar surface area (TPSA) is 167 Å². The first-order valence-corrected chi connectivity index (χ1v) is 4.95. The maximum absolute atomic E-state index is 10.8. The molecule has 0 spiro atoms. The Kier molecular flexibility index (Phi) is 6.35. The highest BCUT2D eigenvalue weighted by atomic mass is 16.4. The Morgan fingerprint density at radius 2 is 1.50 bits per heavy atom. The summed E-state index contributed by atoms with van der Waals surface area (Å²) in [6.07, 6.45) is -1.31. The van der Waals surface area contributed by atoms with E-state index in [2.05, 4.69) is 5.32 Å². The van der Waals surface area contributed by atoms with Crippen LogP contribution in [0.4, 0.5) is 0 Å². The molecule has 0 aliphatic rings. The van der Waals surface area contributed by atoms with Gasteiger partial charge in [-0.3, -0.25) is 24.5 Å². The number of rotatable bonds is 9. The van der Waals surface area contributed by atoms with Gasteiger partial charge in [-0.1, -0.05) is 0 Å². The van der Waals surface area contributed by atoms with Gasteiger partial charge in [-0.15, -0.1) is 0 Å². The van der Waals surface area contributed by atoms with E-state index in [1.807, 2.05) is 0 Å². The third-order valence-electron chi connectivity index (χ3n) is 2.05. The molecule has 9 heteroatoms. The van der Waals surface area contributed by atoms with Crippen LogP contribution in [0.1, 0.15) is 19.3 Å². The highest BCUT2D eigenvalue weighted by molar-refractivity contribution is 5.84. The zero-order valence-electron chi connectivity index (χ0n) is 9.33. The number of primary amides is 1. The Bertz CT molecular complexity index is 355. The molecule has 0 rings (SSSR count). The molecule has 0 saturated heterocycles. The van der Waals surface area contributed by atoms with Crippen LogP contribution in [0.15, 0.2) is 0 Å². The van der Waals surface area contributed by atoms with Crippen molar-refractivity contribution >= 4 is 23.8 Å². The summed E-state index contributed by atoms with van der Waals surface area (Å²) in [5.74, 6) is -4.94. The fourth-order valence-corrected chi connectivity index (χ4v) is 1.21. The Morgan fingerprint density at radius 1 is 1.00 bits per heavy atom. The number of nitrogens with one attached hydrogen (secondary N) is 1. The molecule has 0 radical (unpaired) electrons. The number of carbonyl (C=O) groups excluding carboxylic acids is 1. The predicted octanol–water partition coefficient (Wildman–Crippen LogP) is -1.78. The normalized spacial score (nSPS) is 13.6. The maximum Gasteiger partial charge on any atom is 0.321 e. The third-order valence-corrected chi connectivity index (χ3v) is 2.05. The molecule has 0 aromatic rings. The van der Waals surface area contributed by atoms with Crippen molar-refractivity contribution in [3.8, 4) is 0 Å². The SMILES string of the molecule is NC(=O)CC(NC(CCC(=O)O)C(=O)O)C(=O)O. The lowest BCUT2D eigenvalue weighted by Gasteiger charge is -2.18. The van der Waals surface area contributed by atoms with Gasteiger partial charge in [0.25, 0.3) is 0 Å². The lowest BCUT2D eigenvalue weighted by Crippen LogP contribution is -2.48. The van der Waals surface area contributed by atoms with E-state index in [4.69, 9.17) is 21.1 Å². The first kappa shape index (κ1) is 15.8. The number of carboxylic acids is 3. The summed E-state index contributed by atoms with van der Waals surface area (Å²) in [7, 11) is 0. The summed E-state index contributed by atoms with van der Waals surface area (Å²) >= 11 is 0. The highest BCUT2D eigenvalue weighted by Crippen LogP contribution is 2.02. The van der Waals surface area contributed by atoms with Gasteiger partial charge in [-0.05, 0) is 6.42 Å². The molecule has 2 atom stereocenters. The van der Waals surface area contributed by atoms with Crippen molar-refractivity contribution in [2.24, 2.45) is 5.73 Å². The second-order valence-corrected chi connectivity index (χ2v) is 3.55. The van der Waals surface area contributed by atoms with Crippen molar-refractivity contribution < 1.29 is 34.5 Å². The molecule has 6 N–H and O–H groups in total. The molecule has 0 aromatic heterocycles. The Balaban J connectivity index is 4.60. The molecule has 0 saturated carbocycles. The summed E-state index contributed by atoms with van der Waals surface area (Å²) in [5, 5.41) is 28.1. The van der Waals surface area contributed by atoms with E-state index in [0.29, 0.717) is 0 Å². The van der Waals surface area contributed by atoms with Crippen molar-refractivity contribution in [3.05, 3.63) is 0 Å². The molecule has 2 unspecified atom stereocenters. The average Bonchev–Trinajstić information content (AvgIpc) is 2.20. The summed E-state index contributed by atoms with van der Waals surface area (Å²) < 4.78 is 0. The van der Waals surface area contributed by atoms with Crippen molar-refractivity contribution in [2.45, 2.75) is 31.3 Å². The van der Waals surface area contributed by atoms with Gasteiger partial charge in [-0.2, -0.15) is 0 Å². The Hall–Kier alpha value is -2.16. The van der Waals surface area contributed by atoms with Crippen LogP contribution in [0.25, 0.3) is 0 Å². The van der Waals surface area contributed by atoms with Crippen LogP contribution in [0, 0.1) is 0 Å². The van der Waals surface area contributed by atoms with Crippen molar-refractivity contribution in [1.29, 1.82) is 0 Å². The van der Waals surface area contributed by atoms with Gasteiger partial charge in [0.05, 0.1) is 6.42 Å². The first-order valence-electron chi connectivity index (χ1n) is 4.95. The monoisotopic (exact) mass is 262 g/mol. The van der Waals surface area contributed by atoms with E-state index in [0.717, 1.165) is 0 Å². The summed E-state index contributed by atoms with van der Waals surface area (Å²) in [6.45, 7) is 0. The lowest BCUT2D eigenvalue weighted by atomic mass is 10.1. The van der Waals surface area contributed by atoms with Gasteiger partial charge in [0, 0.05) is 6.42 Å². The lowest BCUT2D eigenvalue weighted by molar-refractivity contribution is -0.144. The van der Waals surface area contributed by atoms with E-state index in [1.54, 1.807) is 0 Å². The molecule has 0 heterocycles. The number of aliphatic carboxylic acids is 3. The smallest absolute Gasteiger partial charge is 0.321 e. The minimum absolute atomic E-state index is 0.298. The maximum atomic E-state index is 10.8. The molecule has 0 bridgehead atoms. The second-order valence-electron chi connectivity index (χ2n) is 3.55. The van der Waals surface area contributed by atoms with E-state index in [-0.39, 0.29) is 6.42 Å². The number of carbonyl (C=O) groups is 4. The molecule has 0 aliphatic carbocycles. The van der Waals surface area contributed by atoms with E-state index < -0.39 is 48.7 Å². The van der Waals surface area contributed by atoms with Crippen LogP contribution in [-0.2, 0) is 19.2 Å². The van der Waals surface area contributed by atoms with Crippen LogP contribution in [0.2, 0.25) is 0 Å². The van der Waals surface area contributed by atoms with Gasteiger partial charge in [0.15, 0.2) is 0 Å². The molecule has 0 aliphatic heterocycles. The summed E-state index contributed by atoms with van der Waals surface area (Å²) in [6, 6.07) is -2.83. The van der Waals surface area contributed by atoms with Gasteiger partial charge in [0.1, 0.15) is 12.1 Å². The van der Waals surface area contributed by atoms with Crippen LogP contribution < -0.4 is 11.1 Å². The van der Waals surface area contributed by atoms with Crippen LogP contribution in [0.3, 0.4) is 0 Å². The predicted molar refractivity (Wildman–Crippen MR) is 56.7 cm³/mol. The minimum Gasteiger partial charge on any atom is -0.481 e. The van der Waals surface area contributed by atoms with Gasteiger partial charge in [-0.25, -0.2) is 0 Å². The summed E-state index contributed by atoms with van der Waals surface area (Å²) in [4.78, 5) is 42.5. The van der Waals surface area contributed by atoms with E-state index in [1.165, 1.54) is 0 Å². The van der Waals surface area contributed by atoms with Crippen LogP contribution >= 0.6 is 0 Å². The molecular weight excluding hydrogens is 248 g/mol. The second kappa shape index (κ2) is 7.22. The number of hydrogen-bond acceptors (Lipinski definition) is 5. The van der Waals surface area contributed by atoms with Crippen LogP contribution in [-0.4, -0.2) is 51.2 Å². The van der Waals surface area contributed by atoms with Crippen LogP contribution in [0.5, 0.6) is 0 Å². The molecule has 0 fully saturated rings. The number of nitrogens with two attached hydrogens (primary N) is 1. The zero-order valence-corrected chi connectivity index (χ0v) is 9.33.